The SMILES string of the molecule is O=C(NCCCO)c1cn([C@H]2CCCN(CCCc3ccccc3)C2)nn1. The Labute approximate surface area is 160 Å². The molecule has 1 aromatic carbocycles. The third-order valence-corrected chi connectivity index (χ3v) is 5.00. The lowest BCUT2D eigenvalue weighted by Crippen LogP contribution is -2.37. The van der Waals surface area contributed by atoms with Gasteiger partial charge < -0.3 is 15.3 Å². The molecule has 0 unspecified atom stereocenters. The number of aliphatic hydroxyl groups is 1. The smallest absolute Gasteiger partial charge is 0.273 e. The molecule has 1 saturated heterocycles. The fourth-order valence-corrected chi connectivity index (χ4v) is 3.53. The van der Waals surface area contributed by atoms with Crippen LogP contribution in [0.4, 0.5) is 0 Å². The van der Waals surface area contributed by atoms with Gasteiger partial charge in [-0.25, -0.2) is 4.68 Å². The van der Waals surface area contributed by atoms with Crippen molar-refractivity contribution in [2.24, 2.45) is 0 Å². The van der Waals surface area contributed by atoms with E-state index in [1.165, 1.54) is 5.56 Å². The van der Waals surface area contributed by atoms with Gasteiger partial charge in [0.2, 0.25) is 0 Å². The molecule has 0 radical (unpaired) electrons. The van der Waals surface area contributed by atoms with Gasteiger partial charge in [0.1, 0.15) is 0 Å². The molecule has 1 aliphatic rings. The first-order valence-electron chi connectivity index (χ1n) is 9.83. The maximum absolute atomic E-state index is 12.0. The number of aliphatic hydroxyl groups excluding tert-OH is 1. The highest BCUT2D eigenvalue weighted by Gasteiger charge is 2.23. The molecule has 7 nitrogen and oxygen atoms in total. The Morgan fingerprint density at radius 3 is 2.93 bits per heavy atom. The minimum atomic E-state index is -0.231. The molecule has 1 atom stereocenters. The van der Waals surface area contributed by atoms with E-state index in [9.17, 15) is 4.79 Å². The van der Waals surface area contributed by atoms with Crippen molar-refractivity contribution in [1.29, 1.82) is 0 Å². The Hall–Kier alpha value is -2.25. The van der Waals surface area contributed by atoms with E-state index in [4.69, 9.17) is 5.11 Å². The predicted octanol–water partition coefficient (Wildman–Crippen LogP) is 1.66. The van der Waals surface area contributed by atoms with Gasteiger partial charge in [0.25, 0.3) is 5.91 Å². The second kappa shape index (κ2) is 10.2. The van der Waals surface area contributed by atoms with E-state index in [1.807, 2.05) is 4.68 Å². The van der Waals surface area contributed by atoms with E-state index < -0.39 is 0 Å². The monoisotopic (exact) mass is 371 g/mol. The Bertz CT molecular complexity index is 703. The predicted molar refractivity (Wildman–Crippen MR) is 104 cm³/mol. The van der Waals surface area contributed by atoms with Crippen molar-refractivity contribution in [1.82, 2.24) is 25.2 Å². The summed E-state index contributed by atoms with van der Waals surface area (Å²) in [6.45, 7) is 3.66. The van der Waals surface area contributed by atoms with Crippen LogP contribution in [0.2, 0.25) is 0 Å². The van der Waals surface area contributed by atoms with Crippen LogP contribution in [-0.2, 0) is 6.42 Å². The third kappa shape index (κ3) is 5.87. The molecule has 0 spiro atoms. The summed E-state index contributed by atoms with van der Waals surface area (Å²) in [7, 11) is 0. The largest absolute Gasteiger partial charge is 0.396 e. The highest BCUT2D eigenvalue weighted by molar-refractivity contribution is 5.91. The molecular weight excluding hydrogens is 342 g/mol. The quantitative estimate of drug-likeness (QED) is 0.655. The topological polar surface area (TPSA) is 83.3 Å². The second-order valence-electron chi connectivity index (χ2n) is 7.10. The first kappa shape index (κ1) is 19.5. The van der Waals surface area contributed by atoms with E-state index in [1.54, 1.807) is 6.20 Å². The van der Waals surface area contributed by atoms with Crippen LogP contribution in [0.25, 0.3) is 0 Å². The molecule has 0 aliphatic carbocycles. The van der Waals surface area contributed by atoms with Crippen LogP contribution in [0.3, 0.4) is 0 Å². The average Bonchev–Trinajstić information content (AvgIpc) is 3.20. The number of amides is 1. The minimum Gasteiger partial charge on any atom is -0.396 e. The minimum absolute atomic E-state index is 0.0646. The average molecular weight is 371 g/mol. The van der Waals surface area contributed by atoms with Crippen molar-refractivity contribution in [3.63, 3.8) is 0 Å². The lowest BCUT2D eigenvalue weighted by atomic mass is 10.0. The summed E-state index contributed by atoms with van der Waals surface area (Å²) in [6.07, 6.45) is 6.72. The fourth-order valence-electron chi connectivity index (χ4n) is 3.53. The maximum atomic E-state index is 12.0. The van der Waals surface area contributed by atoms with E-state index in [-0.39, 0.29) is 18.6 Å². The summed E-state index contributed by atoms with van der Waals surface area (Å²) in [6, 6.07) is 10.9. The van der Waals surface area contributed by atoms with Gasteiger partial charge in [-0.2, -0.15) is 0 Å². The molecule has 1 aromatic heterocycles. The van der Waals surface area contributed by atoms with Gasteiger partial charge in [-0.05, 0) is 50.8 Å². The zero-order valence-corrected chi connectivity index (χ0v) is 15.8. The molecule has 27 heavy (non-hydrogen) atoms. The molecule has 7 heteroatoms. The number of hydrogen-bond donors (Lipinski definition) is 2. The summed E-state index contributed by atoms with van der Waals surface area (Å²) in [4.78, 5) is 14.5. The highest BCUT2D eigenvalue weighted by atomic mass is 16.3. The summed E-state index contributed by atoms with van der Waals surface area (Å²) < 4.78 is 1.84. The Morgan fingerprint density at radius 1 is 1.26 bits per heavy atom. The van der Waals surface area contributed by atoms with Crippen LogP contribution < -0.4 is 5.32 Å². The first-order chi connectivity index (χ1) is 13.3. The maximum Gasteiger partial charge on any atom is 0.273 e. The van der Waals surface area contributed by atoms with Crippen LogP contribution in [-0.4, -0.2) is 63.7 Å². The summed E-state index contributed by atoms with van der Waals surface area (Å²) in [5.41, 5.74) is 1.73. The lowest BCUT2D eigenvalue weighted by molar-refractivity contribution is 0.0946. The van der Waals surface area contributed by atoms with Gasteiger partial charge >= 0.3 is 0 Å². The lowest BCUT2D eigenvalue weighted by Gasteiger charge is -2.32. The number of likely N-dealkylation sites (tertiary alicyclic amines) is 1. The zero-order chi connectivity index (χ0) is 18.9. The van der Waals surface area contributed by atoms with Crippen molar-refractivity contribution in [3.05, 3.63) is 47.8 Å². The van der Waals surface area contributed by atoms with Crippen molar-refractivity contribution >= 4 is 5.91 Å². The Kier molecular flexibility index (Phi) is 7.36. The van der Waals surface area contributed by atoms with Gasteiger partial charge in [0, 0.05) is 19.7 Å². The Morgan fingerprint density at radius 2 is 2.11 bits per heavy atom. The number of aromatic nitrogens is 3. The molecule has 3 rings (SSSR count). The molecule has 146 valence electrons. The van der Waals surface area contributed by atoms with E-state index >= 15 is 0 Å². The van der Waals surface area contributed by atoms with Gasteiger partial charge in [-0.3, -0.25) is 4.79 Å². The standard InChI is InChI=1S/C20H29N5O2/c26-14-6-11-21-20(27)19-16-25(23-22-19)18-10-5-13-24(15-18)12-4-9-17-7-2-1-3-8-17/h1-3,7-8,16,18,26H,4-6,9-15H2,(H,21,27)/t18-/m0/s1. The van der Waals surface area contributed by atoms with Crippen LogP contribution in [0.1, 0.15) is 47.8 Å². The molecule has 1 fully saturated rings. The van der Waals surface area contributed by atoms with Crippen molar-refractivity contribution in [2.75, 3.05) is 32.8 Å². The van der Waals surface area contributed by atoms with E-state index in [0.29, 0.717) is 18.7 Å². The third-order valence-electron chi connectivity index (χ3n) is 5.00. The number of aryl methyl sites for hydroxylation is 1. The molecule has 0 bridgehead atoms. The molecule has 1 aliphatic heterocycles. The number of rotatable bonds is 9. The van der Waals surface area contributed by atoms with Gasteiger partial charge in [0.15, 0.2) is 5.69 Å². The van der Waals surface area contributed by atoms with Crippen molar-refractivity contribution in [3.8, 4) is 0 Å². The number of piperidine rings is 1. The van der Waals surface area contributed by atoms with Crippen molar-refractivity contribution < 1.29 is 9.90 Å². The number of nitrogens with one attached hydrogen (secondary N) is 1. The van der Waals surface area contributed by atoms with Gasteiger partial charge in [0.05, 0.1) is 12.2 Å². The first-order valence-corrected chi connectivity index (χ1v) is 9.83. The van der Waals surface area contributed by atoms with Crippen LogP contribution in [0.15, 0.2) is 36.5 Å². The van der Waals surface area contributed by atoms with Crippen LogP contribution in [0.5, 0.6) is 0 Å². The van der Waals surface area contributed by atoms with Gasteiger partial charge in [-0.1, -0.05) is 35.5 Å². The summed E-state index contributed by atoms with van der Waals surface area (Å²) in [5.74, 6) is -0.231. The summed E-state index contributed by atoms with van der Waals surface area (Å²) >= 11 is 0. The highest BCUT2D eigenvalue weighted by Crippen LogP contribution is 2.21. The number of hydrogen-bond acceptors (Lipinski definition) is 5. The fraction of sp³-hybridized carbons (Fsp3) is 0.550. The molecular formula is C20H29N5O2. The van der Waals surface area contributed by atoms with Crippen LogP contribution >= 0.6 is 0 Å². The van der Waals surface area contributed by atoms with Crippen molar-refractivity contribution in [2.45, 2.75) is 38.1 Å². The second-order valence-corrected chi connectivity index (χ2v) is 7.10. The van der Waals surface area contributed by atoms with Gasteiger partial charge in [-0.15, -0.1) is 5.10 Å². The molecule has 0 saturated carbocycles. The normalized spacial score (nSPS) is 17.7. The van der Waals surface area contributed by atoms with E-state index in [0.717, 1.165) is 45.3 Å². The number of benzene rings is 1. The number of carbonyl (C=O) groups is 1. The zero-order valence-electron chi connectivity index (χ0n) is 15.8. The Balaban J connectivity index is 1.47. The summed E-state index contributed by atoms with van der Waals surface area (Å²) in [5, 5.41) is 19.7. The van der Waals surface area contributed by atoms with E-state index in [2.05, 4.69) is 50.9 Å². The molecule has 1 amide bonds. The molecule has 2 aromatic rings. The molecule has 2 N–H and O–H groups in total. The number of nitrogens with zero attached hydrogens (tertiary/aromatic N) is 4. The number of carbonyl (C=O) groups excluding carboxylic acids is 1. The molecule has 2 heterocycles. The van der Waals surface area contributed by atoms with Crippen LogP contribution in [0, 0.1) is 0 Å².